The normalized spacial score (nSPS) is 11.5. The van der Waals surface area contributed by atoms with E-state index in [-0.39, 0.29) is 10.8 Å². The van der Waals surface area contributed by atoms with E-state index < -0.39 is 18.6 Å². The van der Waals surface area contributed by atoms with Crippen LogP contribution in [0.3, 0.4) is 0 Å². The molecule has 84 valence electrons. The maximum Gasteiger partial charge on any atom is 0.406 e. The largest absolute Gasteiger partial charge is 0.452 e. The van der Waals surface area contributed by atoms with Crippen LogP contribution in [0.4, 0.5) is 13.2 Å². The molecule has 1 aromatic rings. The van der Waals surface area contributed by atoms with Gasteiger partial charge in [0.15, 0.2) is 0 Å². The average molecular weight is 242 g/mol. The van der Waals surface area contributed by atoms with Crippen molar-refractivity contribution in [2.75, 3.05) is 13.6 Å². The lowest BCUT2D eigenvalue weighted by molar-refractivity contribution is -0.138. The van der Waals surface area contributed by atoms with E-state index in [0.29, 0.717) is 4.90 Å². The first-order chi connectivity index (χ1) is 6.81. The fourth-order valence-corrected chi connectivity index (χ4v) is 1.19. The highest BCUT2D eigenvalue weighted by Gasteiger charge is 2.32. The van der Waals surface area contributed by atoms with E-state index in [2.05, 4.69) is 4.42 Å². The highest BCUT2D eigenvalue weighted by Crippen LogP contribution is 2.21. The molecule has 0 fully saturated rings. The number of nitrogens with zero attached hydrogens (tertiary/aromatic N) is 1. The first-order valence-electron chi connectivity index (χ1n) is 3.86. The van der Waals surface area contributed by atoms with Crippen molar-refractivity contribution < 1.29 is 22.4 Å². The molecule has 3 nitrogen and oxygen atoms in total. The van der Waals surface area contributed by atoms with Gasteiger partial charge in [-0.1, -0.05) is 0 Å². The number of halogens is 4. The Morgan fingerprint density at radius 1 is 1.60 bits per heavy atom. The molecule has 1 heterocycles. The van der Waals surface area contributed by atoms with Gasteiger partial charge >= 0.3 is 6.18 Å². The van der Waals surface area contributed by atoms with Gasteiger partial charge in [0.2, 0.25) is 5.22 Å². The Kier molecular flexibility index (Phi) is 3.28. The molecule has 0 unspecified atom stereocenters. The predicted molar refractivity (Wildman–Crippen MR) is 46.7 cm³/mol. The molecule has 0 aliphatic heterocycles. The van der Waals surface area contributed by atoms with Crippen molar-refractivity contribution in [1.82, 2.24) is 4.90 Å². The minimum atomic E-state index is -4.43. The van der Waals surface area contributed by atoms with E-state index >= 15 is 0 Å². The van der Waals surface area contributed by atoms with Gasteiger partial charge in [-0.25, -0.2) is 0 Å². The quantitative estimate of drug-likeness (QED) is 0.797. The third-order valence-corrected chi connectivity index (χ3v) is 1.90. The molecule has 1 amide bonds. The van der Waals surface area contributed by atoms with Crippen LogP contribution in [-0.2, 0) is 0 Å². The van der Waals surface area contributed by atoms with Crippen molar-refractivity contribution in [1.29, 1.82) is 0 Å². The maximum atomic E-state index is 12.0. The minimum Gasteiger partial charge on any atom is -0.452 e. The Morgan fingerprint density at radius 3 is 2.60 bits per heavy atom. The van der Waals surface area contributed by atoms with Crippen molar-refractivity contribution >= 4 is 17.5 Å². The van der Waals surface area contributed by atoms with E-state index in [9.17, 15) is 18.0 Å². The number of alkyl halides is 3. The summed E-state index contributed by atoms with van der Waals surface area (Å²) in [5, 5.41) is -0.214. The number of carbonyl (C=O) groups is 1. The van der Waals surface area contributed by atoms with Gasteiger partial charge in [0.1, 0.15) is 6.54 Å². The van der Waals surface area contributed by atoms with Gasteiger partial charge in [0.05, 0.1) is 11.8 Å². The monoisotopic (exact) mass is 241 g/mol. The predicted octanol–water partition coefficient (Wildman–Crippen LogP) is 2.57. The molecule has 0 aliphatic carbocycles. The van der Waals surface area contributed by atoms with Crippen LogP contribution >= 0.6 is 11.6 Å². The molecule has 0 atom stereocenters. The summed E-state index contributed by atoms with van der Waals surface area (Å²) in [6.45, 7) is -1.33. The summed E-state index contributed by atoms with van der Waals surface area (Å²) in [5.41, 5.74) is -0.0802. The Bertz CT molecular complexity index is 361. The second-order valence-electron chi connectivity index (χ2n) is 2.88. The zero-order valence-electron chi connectivity index (χ0n) is 7.64. The average Bonchev–Trinajstić information content (AvgIpc) is 2.47. The Labute approximate surface area is 88.4 Å². The molecular formula is C8H7ClF3NO2. The number of amides is 1. The zero-order chi connectivity index (χ0) is 11.6. The second-order valence-corrected chi connectivity index (χ2v) is 3.23. The molecule has 1 aromatic heterocycles. The first kappa shape index (κ1) is 11.9. The van der Waals surface area contributed by atoms with E-state index in [1.165, 1.54) is 6.07 Å². The van der Waals surface area contributed by atoms with Crippen molar-refractivity contribution in [3.05, 3.63) is 23.1 Å². The maximum absolute atomic E-state index is 12.0. The fraction of sp³-hybridized carbons (Fsp3) is 0.375. The van der Waals surface area contributed by atoms with Crippen LogP contribution in [0.2, 0.25) is 5.22 Å². The summed E-state index contributed by atoms with van der Waals surface area (Å²) in [5.74, 6) is -0.828. The van der Waals surface area contributed by atoms with Crippen LogP contribution in [0.15, 0.2) is 16.7 Å². The summed E-state index contributed by atoms with van der Waals surface area (Å²) in [4.78, 5) is 11.9. The number of carbonyl (C=O) groups excluding carboxylic acids is 1. The fourth-order valence-electron chi connectivity index (χ4n) is 0.993. The van der Waals surface area contributed by atoms with Crippen molar-refractivity contribution in [2.24, 2.45) is 0 Å². The molecule has 0 aromatic carbocycles. The van der Waals surface area contributed by atoms with Gasteiger partial charge in [-0.2, -0.15) is 13.2 Å². The topological polar surface area (TPSA) is 33.5 Å². The molecule has 15 heavy (non-hydrogen) atoms. The molecule has 1 rings (SSSR count). The van der Waals surface area contributed by atoms with Gasteiger partial charge in [-0.05, 0) is 17.7 Å². The van der Waals surface area contributed by atoms with Gasteiger partial charge < -0.3 is 9.32 Å². The number of hydrogen-bond acceptors (Lipinski definition) is 2. The zero-order valence-corrected chi connectivity index (χ0v) is 8.39. The lowest BCUT2D eigenvalue weighted by atomic mass is 10.3. The summed E-state index contributed by atoms with van der Waals surface area (Å²) in [7, 11) is 1.04. The van der Waals surface area contributed by atoms with Crippen LogP contribution in [-0.4, -0.2) is 30.6 Å². The van der Waals surface area contributed by atoms with Gasteiger partial charge in [-0.3, -0.25) is 4.79 Å². The van der Waals surface area contributed by atoms with Gasteiger partial charge in [-0.15, -0.1) is 0 Å². The molecule has 0 aliphatic rings. The Hall–Kier alpha value is -1.17. The molecule has 0 saturated carbocycles. The molecular weight excluding hydrogens is 235 g/mol. The van der Waals surface area contributed by atoms with E-state index in [4.69, 9.17) is 11.6 Å². The smallest absolute Gasteiger partial charge is 0.406 e. The lowest BCUT2D eigenvalue weighted by Gasteiger charge is -2.18. The van der Waals surface area contributed by atoms with Crippen molar-refractivity contribution in [3.8, 4) is 0 Å². The summed E-state index contributed by atoms with van der Waals surface area (Å²) < 4.78 is 40.5. The highest BCUT2D eigenvalue weighted by atomic mass is 35.5. The third kappa shape index (κ3) is 3.16. The van der Waals surface area contributed by atoms with Crippen LogP contribution in [0, 0.1) is 0 Å². The van der Waals surface area contributed by atoms with Gasteiger partial charge in [0, 0.05) is 7.05 Å². The first-order valence-corrected chi connectivity index (χ1v) is 4.24. The Morgan fingerprint density at radius 2 is 2.20 bits per heavy atom. The van der Waals surface area contributed by atoms with E-state index in [1.54, 1.807) is 0 Å². The van der Waals surface area contributed by atoms with E-state index in [1.807, 2.05) is 0 Å². The lowest BCUT2D eigenvalue weighted by Crippen LogP contribution is -2.35. The van der Waals surface area contributed by atoms with Crippen LogP contribution < -0.4 is 0 Å². The number of hydrogen-bond donors (Lipinski definition) is 0. The molecule has 0 spiro atoms. The van der Waals surface area contributed by atoms with Gasteiger partial charge in [0.25, 0.3) is 5.91 Å². The SMILES string of the molecule is CN(CC(F)(F)F)C(=O)c1ccoc1Cl. The standard InChI is InChI=1S/C8H7ClF3NO2/c1-13(4-8(10,11)12)7(14)5-2-3-15-6(5)9/h2-3H,4H2,1H3. The molecule has 0 radical (unpaired) electrons. The molecule has 7 heteroatoms. The summed E-state index contributed by atoms with van der Waals surface area (Å²) >= 11 is 5.45. The molecule has 0 saturated heterocycles. The number of furan rings is 1. The van der Waals surface area contributed by atoms with Crippen molar-refractivity contribution in [2.45, 2.75) is 6.18 Å². The van der Waals surface area contributed by atoms with Crippen molar-refractivity contribution in [3.63, 3.8) is 0 Å². The Balaban J connectivity index is 2.74. The molecule has 0 bridgehead atoms. The van der Waals surface area contributed by atoms with Crippen LogP contribution in [0.1, 0.15) is 10.4 Å². The van der Waals surface area contributed by atoms with Crippen LogP contribution in [0.25, 0.3) is 0 Å². The second kappa shape index (κ2) is 4.14. The minimum absolute atomic E-state index is 0.0802. The molecule has 0 N–H and O–H groups in total. The summed E-state index contributed by atoms with van der Waals surface area (Å²) in [6.07, 6.45) is -3.29. The highest BCUT2D eigenvalue weighted by molar-refractivity contribution is 6.32. The summed E-state index contributed by atoms with van der Waals surface area (Å²) in [6, 6.07) is 1.22. The van der Waals surface area contributed by atoms with E-state index in [0.717, 1.165) is 13.3 Å². The van der Waals surface area contributed by atoms with Crippen LogP contribution in [0.5, 0.6) is 0 Å². The third-order valence-electron chi connectivity index (χ3n) is 1.61. The number of rotatable bonds is 2.